The van der Waals surface area contributed by atoms with Crippen molar-refractivity contribution in [1.29, 1.82) is 0 Å². The van der Waals surface area contributed by atoms with Crippen molar-refractivity contribution in [3.05, 3.63) is 47.9 Å². The number of hydrogen-bond acceptors (Lipinski definition) is 6. The monoisotopic (exact) mass is 339 g/mol. The van der Waals surface area contributed by atoms with Gasteiger partial charge in [-0.05, 0) is 12.1 Å². The molecule has 2 atom stereocenters. The molecule has 0 radical (unpaired) electrons. The van der Waals surface area contributed by atoms with Gasteiger partial charge in [-0.3, -0.25) is 4.79 Å². The maximum Gasteiger partial charge on any atom is 0.289 e. The predicted molar refractivity (Wildman–Crippen MR) is 87.1 cm³/mol. The molecule has 5 rings (SSSR count). The maximum absolute atomic E-state index is 13.0. The third kappa shape index (κ3) is 2.12. The number of likely N-dealkylation sites (tertiary alicyclic amines) is 1. The molecule has 2 saturated heterocycles. The van der Waals surface area contributed by atoms with Crippen LogP contribution in [-0.2, 0) is 10.2 Å². The number of aryl methyl sites for hydroxylation is 1. The molecule has 7 heteroatoms. The number of hydrogen-bond donors (Lipinski definition) is 0. The molecule has 25 heavy (non-hydrogen) atoms. The van der Waals surface area contributed by atoms with E-state index in [9.17, 15) is 4.79 Å². The van der Waals surface area contributed by atoms with Crippen molar-refractivity contribution in [3.8, 4) is 0 Å². The molecule has 7 nitrogen and oxygen atoms in total. The lowest BCUT2D eigenvalue weighted by atomic mass is 9.81. The normalized spacial score (nSPS) is 25.6. The van der Waals surface area contributed by atoms with Crippen LogP contribution in [0.4, 0.5) is 0 Å². The summed E-state index contributed by atoms with van der Waals surface area (Å²) in [4.78, 5) is 14.8. The second kappa shape index (κ2) is 5.16. The van der Waals surface area contributed by atoms with Crippen molar-refractivity contribution in [2.75, 3.05) is 26.3 Å². The summed E-state index contributed by atoms with van der Waals surface area (Å²) in [5, 5.41) is 9.08. The number of nitrogens with zero attached hydrogens (tertiary/aromatic N) is 3. The number of ether oxygens (including phenoxy) is 1. The van der Waals surface area contributed by atoms with Crippen LogP contribution in [0.25, 0.3) is 11.0 Å². The SMILES string of the molecule is Cc1nnc([C@]23COC[C@H]2CN(C(=O)c2cc4ccccc4o2)C3)o1. The number of carbonyl (C=O) groups excluding carboxylic acids is 1. The van der Waals surface area contributed by atoms with Gasteiger partial charge in [-0.15, -0.1) is 10.2 Å². The molecule has 3 aromatic rings. The number of carbonyl (C=O) groups is 1. The van der Waals surface area contributed by atoms with E-state index in [4.69, 9.17) is 13.6 Å². The first-order valence-electron chi connectivity index (χ1n) is 8.32. The lowest BCUT2D eigenvalue weighted by Crippen LogP contribution is -2.37. The molecule has 0 bridgehead atoms. The van der Waals surface area contributed by atoms with E-state index in [1.54, 1.807) is 13.0 Å². The minimum Gasteiger partial charge on any atom is -0.451 e. The Morgan fingerprint density at radius 1 is 1.28 bits per heavy atom. The van der Waals surface area contributed by atoms with Crippen molar-refractivity contribution in [2.45, 2.75) is 12.3 Å². The molecule has 2 aliphatic heterocycles. The van der Waals surface area contributed by atoms with E-state index >= 15 is 0 Å². The van der Waals surface area contributed by atoms with Crippen molar-refractivity contribution < 1.29 is 18.4 Å². The lowest BCUT2D eigenvalue weighted by Gasteiger charge is -2.22. The quantitative estimate of drug-likeness (QED) is 0.712. The second-order valence-electron chi connectivity index (χ2n) is 6.83. The van der Waals surface area contributed by atoms with E-state index in [-0.39, 0.29) is 11.8 Å². The molecule has 0 saturated carbocycles. The van der Waals surface area contributed by atoms with E-state index in [1.807, 2.05) is 29.2 Å². The van der Waals surface area contributed by atoms with Gasteiger partial charge in [0.25, 0.3) is 5.91 Å². The Labute approximate surface area is 143 Å². The smallest absolute Gasteiger partial charge is 0.289 e. The van der Waals surface area contributed by atoms with E-state index < -0.39 is 5.41 Å². The van der Waals surface area contributed by atoms with Crippen molar-refractivity contribution in [3.63, 3.8) is 0 Å². The maximum atomic E-state index is 13.0. The summed E-state index contributed by atoms with van der Waals surface area (Å²) < 4.78 is 17.1. The number of rotatable bonds is 2. The lowest BCUT2D eigenvalue weighted by molar-refractivity contribution is 0.0710. The molecule has 2 aromatic heterocycles. The third-order valence-corrected chi connectivity index (χ3v) is 5.25. The molecule has 4 heterocycles. The summed E-state index contributed by atoms with van der Waals surface area (Å²) in [5.74, 6) is 1.49. The van der Waals surface area contributed by atoms with E-state index in [0.29, 0.717) is 43.8 Å². The van der Waals surface area contributed by atoms with Gasteiger partial charge in [-0.2, -0.15) is 0 Å². The van der Waals surface area contributed by atoms with Gasteiger partial charge in [-0.25, -0.2) is 0 Å². The molecular formula is C18H17N3O4. The van der Waals surface area contributed by atoms with Gasteiger partial charge in [0.2, 0.25) is 11.8 Å². The fourth-order valence-corrected chi connectivity index (χ4v) is 3.93. The minimum absolute atomic E-state index is 0.110. The zero-order valence-corrected chi connectivity index (χ0v) is 13.8. The molecule has 2 aliphatic rings. The van der Waals surface area contributed by atoms with Crippen molar-refractivity contribution >= 4 is 16.9 Å². The highest BCUT2D eigenvalue weighted by molar-refractivity contribution is 5.96. The first-order valence-corrected chi connectivity index (χ1v) is 8.32. The highest BCUT2D eigenvalue weighted by Crippen LogP contribution is 2.43. The van der Waals surface area contributed by atoms with Crippen molar-refractivity contribution in [1.82, 2.24) is 15.1 Å². The zero-order chi connectivity index (χ0) is 17.0. The summed E-state index contributed by atoms with van der Waals surface area (Å²) in [5.41, 5.74) is 0.305. The minimum atomic E-state index is -0.414. The highest BCUT2D eigenvalue weighted by Gasteiger charge is 2.56. The fourth-order valence-electron chi connectivity index (χ4n) is 3.93. The average molecular weight is 339 g/mol. The number of fused-ring (bicyclic) bond motifs is 2. The summed E-state index contributed by atoms with van der Waals surface area (Å²) in [7, 11) is 0. The van der Waals surface area contributed by atoms with Crippen LogP contribution in [0.2, 0.25) is 0 Å². The first-order chi connectivity index (χ1) is 12.2. The summed E-state index contributed by atoms with van der Waals surface area (Å²) >= 11 is 0. The molecule has 0 N–H and O–H groups in total. The zero-order valence-electron chi connectivity index (χ0n) is 13.8. The van der Waals surface area contributed by atoms with Crippen LogP contribution < -0.4 is 0 Å². The number of benzene rings is 1. The molecule has 2 fully saturated rings. The van der Waals surface area contributed by atoms with Crippen LogP contribution in [0.15, 0.2) is 39.2 Å². The first kappa shape index (κ1) is 14.7. The summed E-state index contributed by atoms with van der Waals surface area (Å²) in [6.07, 6.45) is 0. The highest BCUT2D eigenvalue weighted by atomic mass is 16.5. The van der Waals surface area contributed by atoms with E-state index in [2.05, 4.69) is 10.2 Å². The topological polar surface area (TPSA) is 81.6 Å². The molecule has 0 unspecified atom stereocenters. The van der Waals surface area contributed by atoms with Crippen LogP contribution in [0.5, 0.6) is 0 Å². The van der Waals surface area contributed by atoms with Gasteiger partial charge in [0.1, 0.15) is 5.58 Å². The Balaban J connectivity index is 1.47. The molecule has 1 amide bonds. The fraction of sp³-hybridized carbons (Fsp3) is 0.389. The standard InChI is InChI=1S/C18H17N3O4/c1-11-19-20-17(24-11)18-9-21(7-13(18)8-23-10-18)16(22)15-6-12-4-2-3-5-14(12)25-15/h2-6,13H,7-10H2,1H3/t13-,18-/m1/s1. The van der Waals surface area contributed by atoms with Crippen LogP contribution in [0.3, 0.4) is 0 Å². The largest absolute Gasteiger partial charge is 0.451 e. The third-order valence-electron chi connectivity index (χ3n) is 5.25. The average Bonchev–Trinajstić information content (AvgIpc) is 3.35. The Kier molecular flexibility index (Phi) is 3.03. The number of aromatic nitrogens is 2. The summed E-state index contributed by atoms with van der Waals surface area (Å²) in [6, 6.07) is 9.42. The van der Waals surface area contributed by atoms with E-state index in [0.717, 1.165) is 11.0 Å². The molecule has 0 spiro atoms. The van der Waals surface area contributed by atoms with Crippen LogP contribution in [0.1, 0.15) is 22.3 Å². The Bertz CT molecular complexity index is 929. The van der Waals surface area contributed by atoms with Gasteiger partial charge in [0, 0.05) is 31.3 Å². The predicted octanol–water partition coefficient (Wildman–Crippen LogP) is 2.16. The van der Waals surface area contributed by atoms with Crippen LogP contribution in [-0.4, -0.2) is 47.3 Å². The molecular weight excluding hydrogens is 322 g/mol. The van der Waals surface area contributed by atoms with Gasteiger partial charge in [-0.1, -0.05) is 18.2 Å². The van der Waals surface area contributed by atoms with Gasteiger partial charge in [0.15, 0.2) is 5.76 Å². The second-order valence-corrected chi connectivity index (χ2v) is 6.83. The van der Waals surface area contributed by atoms with Gasteiger partial charge < -0.3 is 18.5 Å². The van der Waals surface area contributed by atoms with E-state index in [1.165, 1.54) is 0 Å². The number of furan rings is 1. The van der Waals surface area contributed by atoms with Crippen molar-refractivity contribution in [2.24, 2.45) is 5.92 Å². The molecule has 1 aromatic carbocycles. The van der Waals surface area contributed by atoms with Gasteiger partial charge >= 0.3 is 0 Å². The number of amides is 1. The van der Waals surface area contributed by atoms with Crippen LogP contribution >= 0.6 is 0 Å². The molecule has 0 aliphatic carbocycles. The molecule has 128 valence electrons. The Morgan fingerprint density at radius 2 is 2.16 bits per heavy atom. The summed E-state index contributed by atoms with van der Waals surface area (Å²) in [6.45, 7) is 3.94. The van der Waals surface area contributed by atoms with Crippen LogP contribution in [0, 0.1) is 12.8 Å². The number of para-hydroxylation sites is 1. The Hall–Kier alpha value is -2.67. The van der Waals surface area contributed by atoms with Gasteiger partial charge in [0.05, 0.1) is 18.6 Å². The Morgan fingerprint density at radius 3 is 2.96 bits per heavy atom.